The average Bonchev–Trinajstić information content (AvgIpc) is 2.78. The topological polar surface area (TPSA) is 15.3 Å². The SMILES string of the molecule is CC1=CC(C)CC(CNC(C)CN2CCCC2)C1. The second-order valence-corrected chi connectivity index (χ2v) is 6.61. The molecule has 0 aromatic heterocycles. The number of nitrogens with zero attached hydrogens (tertiary/aromatic N) is 1. The van der Waals surface area contributed by atoms with Gasteiger partial charge in [-0.25, -0.2) is 0 Å². The highest BCUT2D eigenvalue weighted by Gasteiger charge is 2.19. The van der Waals surface area contributed by atoms with E-state index in [1.807, 2.05) is 0 Å². The molecule has 1 aliphatic heterocycles. The summed E-state index contributed by atoms with van der Waals surface area (Å²) in [6, 6.07) is 0.643. The van der Waals surface area contributed by atoms with Crippen molar-refractivity contribution in [2.24, 2.45) is 11.8 Å². The van der Waals surface area contributed by atoms with Gasteiger partial charge in [0, 0.05) is 12.6 Å². The van der Waals surface area contributed by atoms with Crippen LogP contribution < -0.4 is 5.32 Å². The first kappa shape index (κ1) is 14.1. The maximum Gasteiger partial charge on any atom is 0.0166 e. The van der Waals surface area contributed by atoms with Crippen LogP contribution in [0.2, 0.25) is 0 Å². The maximum absolute atomic E-state index is 3.75. The highest BCUT2D eigenvalue weighted by molar-refractivity contribution is 5.06. The minimum atomic E-state index is 0.643. The van der Waals surface area contributed by atoms with Gasteiger partial charge >= 0.3 is 0 Å². The monoisotopic (exact) mass is 250 g/mol. The zero-order valence-corrected chi connectivity index (χ0v) is 12.4. The van der Waals surface area contributed by atoms with E-state index in [1.165, 1.54) is 51.9 Å². The van der Waals surface area contributed by atoms with Crippen LogP contribution >= 0.6 is 0 Å². The molecule has 18 heavy (non-hydrogen) atoms. The minimum absolute atomic E-state index is 0.643. The lowest BCUT2D eigenvalue weighted by atomic mass is 9.83. The van der Waals surface area contributed by atoms with Crippen molar-refractivity contribution in [3.63, 3.8) is 0 Å². The molecule has 0 amide bonds. The molecular formula is C16H30N2. The van der Waals surface area contributed by atoms with Crippen molar-refractivity contribution in [1.29, 1.82) is 0 Å². The van der Waals surface area contributed by atoms with E-state index in [4.69, 9.17) is 0 Å². The van der Waals surface area contributed by atoms with Crippen LogP contribution in [0, 0.1) is 11.8 Å². The van der Waals surface area contributed by atoms with Crippen molar-refractivity contribution in [3.05, 3.63) is 11.6 Å². The molecular weight excluding hydrogens is 220 g/mol. The van der Waals surface area contributed by atoms with Gasteiger partial charge in [0.25, 0.3) is 0 Å². The Morgan fingerprint density at radius 1 is 1.39 bits per heavy atom. The highest BCUT2D eigenvalue weighted by Crippen LogP contribution is 2.27. The Hall–Kier alpha value is -0.340. The minimum Gasteiger partial charge on any atom is -0.313 e. The predicted octanol–water partition coefficient (Wildman–Crippen LogP) is 3.05. The Kier molecular flexibility index (Phi) is 5.25. The van der Waals surface area contributed by atoms with Gasteiger partial charge in [-0.15, -0.1) is 0 Å². The fourth-order valence-corrected chi connectivity index (χ4v) is 3.63. The Morgan fingerprint density at radius 3 is 2.78 bits per heavy atom. The molecule has 0 saturated carbocycles. The standard InChI is InChI=1S/C16H30N2/c1-13-8-14(2)10-16(9-13)11-17-15(3)12-18-6-4-5-7-18/h8,13,15-17H,4-7,9-12H2,1-3H3. The molecule has 0 aromatic rings. The highest BCUT2D eigenvalue weighted by atomic mass is 15.2. The van der Waals surface area contributed by atoms with Gasteiger partial charge in [-0.2, -0.15) is 0 Å². The van der Waals surface area contributed by atoms with Gasteiger partial charge in [0.15, 0.2) is 0 Å². The molecule has 0 aromatic carbocycles. The molecule has 2 nitrogen and oxygen atoms in total. The molecule has 1 fully saturated rings. The second kappa shape index (κ2) is 6.72. The lowest BCUT2D eigenvalue weighted by Gasteiger charge is -2.28. The summed E-state index contributed by atoms with van der Waals surface area (Å²) >= 11 is 0. The smallest absolute Gasteiger partial charge is 0.0166 e. The fourth-order valence-electron chi connectivity index (χ4n) is 3.63. The van der Waals surface area contributed by atoms with E-state index in [-0.39, 0.29) is 0 Å². The van der Waals surface area contributed by atoms with E-state index in [2.05, 4.69) is 37.1 Å². The van der Waals surface area contributed by atoms with E-state index < -0.39 is 0 Å². The number of allylic oxidation sites excluding steroid dienone is 2. The lowest BCUT2D eigenvalue weighted by Crippen LogP contribution is -2.40. The molecule has 3 unspecified atom stereocenters. The van der Waals surface area contributed by atoms with Crippen LogP contribution in [0.3, 0.4) is 0 Å². The van der Waals surface area contributed by atoms with Gasteiger partial charge in [0.05, 0.1) is 0 Å². The molecule has 0 radical (unpaired) electrons. The van der Waals surface area contributed by atoms with E-state index in [0.29, 0.717) is 6.04 Å². The first-order chi connectivity index (χ1) is 8.63. The molecule has 2 aliphatic rings. The van der Waals surface area contributed by atoms with Gasteiger partial charge in [-0.05, 0) is 71.0 Å². The quantitative estimate of drug-likeness (QED) is 0.755. The lowest BCUT2D eigenvalue weighted by molar-refractivity contribution is 0.283. The molecule has 1 aliphatic carbocycles. The average molecular weight is 250 g/mol. The van der Waals surface area contributed by atoms with Gasteiger partial charge < -0.3 is 10.2 Å². The molecule has 3 atom stereocenters. The Balaban J connectivity index is 1.66. The first-order valence-electron chi connectivity index (χ1n) is 7.76. The summed E-state index contributed by atoms with van der Waals surface area (Å²) in [5, 5.41) is 3.75. The Labute approximate surface area is 113 Å². The summed E-state index contributed by atoms with van der Waals surface area (Å²) in [6.45, 7) is 12.0. The Bertz CT molecular complexity index is 279. The van der Waals surface area contributed by atoms with Gasteiger partial charge in [-0.3, -0.25) is 0 Å². The van der Waals surface area contributed by atoms with E-state index in [0.717, 1.165) is 11.8 Å². The summed E-state index contributed by atoms with van der Waals surface area (Å²) < 4.78 is 0. The van der Waals surface area contributed by atoms with Crippen LogP contribution in [0.4, 0.5) is 0 Å². The predicted molar refractivity (Wildman–Crippen MR) is 78.8 cm³/mol. The molecule has 104 valence electrons. The molecule has 1 saturated heterocycles. The third-order valence-corrected chi connectivity index (χ3v) is 4.37. The molecule has 0 bridgehead atoms. The van der Waals surface area contributed by atoms with Gasteiger partial charge in [0.1, 0.15) is 0 Å². The van der Waals surface area contributed by atoms with Crippen LogP contribution in [-0.4, -0.2) is 37.1 Å². The van der Waals surface area contributed by atoms with Crippen molar-refractivity contribution in [2.45, 2.75) is 52.5 Å². The van der Waals surface area contributed by atoms with Crippen LogP contribution in [0.15, 0.2) is 11.6 Å². The number of hydrogen-bond acceptors (Lipinski definition) is 2. The van der Waals surface area contributed by atoms with Crippen molar-refractivity contribution in [2.75, 3.05) is 26.2 Å². The largest absolute Gasteiger partial charge is 0.313 e. The summed E-state index contributed by atoms with van der Waals surface area (Å²) in [5.41, 5.74) is 1.59. The van der Waals surface area contributed by atoms with E-state index >= 15 is 0 Å². The van der Waals surface area contributed by atoms with E-state index in [1.54, 1.807) is 5.57 Å². The van der Waals surface area contributed by atoms with Crippen molar-refractivity contribution in [1.82, 2.24) is 10.2 Å². The van der Waals surface area contributed by atoms with Crippen molar-refractivity contribution >= 4 is 0 Å². The molecule has 1 heterocycles. The fraction of sp³-hybridized carbons (Fsp3) is 0.875. The number of nitrogens with one attached hydrogen (secondary N) is 1. The van der Waals surface area contributed by atoms with Crippen LogP contribution in [0.1, 0.15) is 46.5 Å². The molecule has 2 heteroatoms. The summed E-state index contributed by atoms with van der Waals surface area (Å²) in [7, 11) is 0. The third-order valence-electron chi connectivity index (χ3n) is 4.37. The number of likely N-dealkylation sites (tertiary alicyclic amines) is 1. The third kappa shape index (κ3) is 4.40. The van der Waals surface area contributed by atoms with Crippen LogP contribution in [0.5, 0.6) is 0 Å². The molecule has 2 rings (SSSR count). The zero-order valence-electron chi connectivity index (χ0n) is 12.4. The number of rotatable bonds is 5. The Morgan fingerprint density at radius 2 is 2.11 bits per heavy atom. The first-order valence-corrected chi connectivity index (χ1v) is 7.76. The number of hydrogen-bond donors (Lipinski definition) is 1. The summed E-state index contributed by atoms with van der Waals surface area (Å²) in [5.74, 6) is 1.63. The van der Waals surface area contributed by atoms with Crippen molar-refractivity contribution in [3.8, 4) is 0 Å². The van der Waals surface area contributed by atoms with Crippen molar-refractivity contribution < 1.29 is 0 Å². The van der Waals surface area contributed by atoms with E-state index in [9.17, 15) is 0 Å². The summed E-state index contributed by atoms with van der Waals surface area (Å²) in [6.07, 6.45) is 7.91. The molecule has 1 N–H and O–H groups in total. The maximum atomic E-state index is 3.75. The van der Waals surface area contributed by atoms with Gasteiger partial charge in [-0.1, -0.05) is 18.6 Å². The van der Waals surface area contributed by atoms with Gasteiger partial charge in [0.2, 0.25) is 0 Å². The van der Waals surface area contributed by atoms with Crippen LogP contribution in [-0.2, 0) is 0 Å². The van der Waals surface area contributed by atoms with Crippen LogP contribution in [0.25, 0.3) is 0 Å². The normalized spacial score (nSPS) is 31.4. The second-order valence-electron chi connectivity index (χ2n) is 6.61. The molecule has 0 spiro atoms. The zero-order chi connectivity index (χ0) is 13.0. The summed E-state index contributed by atoms with van der Waals surface area (Å²) in [4.78, 5) is 2.60.